The molecule has 1 aromatic heterocycles. The van der Waals surface area contributed by atoms with E-state index in [0.29, 0.717) is 13.0 Å². The number of carbonyl (C=O) groups is 1. The molecule has 0 saturated carbocycles. The SMILES string of the molecule is COc1cccc(CCNC(=O)CCc2ccsc2)c1. The quantitative estimate of drug-likeness (QED) is 0.851. The first kappa shape index (κ1) is 14.6. The standard InChI is InChI=1S/C16H19NO2S/c1-19-15-4-2-3-13(11-15)7-9-17-16(18)6-5-14-8-10-20-12-14/h2-4,8,10-12H,5-7,9H2,1H3,(H,17,18). The molecule has 0 aliphatic rings. The fraction of sp³-hybridized carbons (Fsp3) is 0.312. The van der Waals surface area contributed by atoms with Gasteiger partial charge < -0.3 is 10.1 Å². The van der Waals surface area contributed by atoms with Gasteiger partial charge in [-0.15, -0.1) is 0 Å². The van der Waals surface area contributed by atoms with Crippen molar-refractivity contribution < 1.29 is 9.53 Å². The highest BCUT2D eigenvalue weighted by Gasteiger charge is 2.02. The van der Waals surface area contributed by atoms with Crippen molar-refractivity contribution in [1.82, 2.24) is 5.32 Å². The molecule has 3 nitrogen and oxygen atoms in total. The summed E-state index contributed by atoms with van der Waals surface area (Å²) >= 11 is 1.67. The summed E-state index contributed by atoms with van der Waals surface area (Å²) in [5.74, 6) is 0.963. The molecule has 1 amide bonds. The minimum absolute atomic E-state index is 0.110. The molecule has 106 valence electrons. The van der Waals surface area contributed by atoms with Crippen molar-refractivity contribution in [3.63, 3.8) is 0 Å². The second-order valence-corrected chi connectivity index (χ2v) is 5.36. The smallest absolute Gasteiger partial charge is 0.220 e. The van der Waals surface area contributed by atoms with Crippen molar-refractivity contribution in [3.05, 3.63) is 52.2 Å². The van der Waals surface area contributed by atoms with Crippen LogP contribution in [0.3, 0.4) is 0 Å². The monoisotopic (exact) mass is 289 g/mol. The molecule has 2 aromatic rings. The van der Waals surface area contributed by atoms with E-state index >= 15 is 0 Å². The van der Waals surface area contributed by atoms with Gasteiger partial charge in [0.15, 0.2) is 0 Å². The average Bonchev–Trinajstić information content (AvgIpc) is 2.99. The average molecular weight is 289 g/mol. The van der Waals surface area contributed by atoms with E-state index in [9.17, 15) is 4.79 Å². The summed E-state index contributed by atoms with van der Waals surface area (Å²) in [6.07, 6.45) is 2.19. The Morgan fingerprint density at radius 2 is 2.15 bits per heavy atom. The first-order chi connectivity index (χ1) is 9.78. The topological polar surface area (TPSA) is 38.3 Å². The number of hydrogen-bond acceptors (Lipinski definition) is 3. The van der Waals surface area contributed by atoms with Crippen LogP contribution in [0.25, 0.3) is 0 Å². The maximum atomic E-state index is 11.7. The fourth-order valence-corrected chi connectivity index (χ4v) is 2.66. The van der Waals surface area contributed by atoms with Crippen LogP contribution in [-0.2, 0) is 17.6 Å². The molecule has 20 heavy (non-hydrogen) atoms. The largest absolute Gasteiger partial charge is 0.497 e. The van der Waals surface area contributed by atoms with Gasteiger partial charge in [0.2, 0.25) is 5.91 Å². The van der Waals surface area contributed by atoms with Crippen molar-refractivity contribution in [3.8, 4) is 5.75 Å². The highest BCUT2D eigenvalue weighted by Crippen LogP contribution is 2.12. The Morgan fingerprint density at radius 1 is 1.25 bits per heavy atom. The van der Waals surface area contributed by atoms with E-state index in [0.717, 1.165) is 18.6 Å². The lowest BCUT2D eigenvalue weighted by atomic mass is 10.1. The molecule has 2 rings (SSSR count). The van der Waals surface area contributed by atoms with Crippen LogP contribution in [-0.4, -0.2) is 19.6 Å². The first-order valence-corrected chi connectivity index (χ1v) is 7.63. The molecule has 0 aliphatic heterocycles. The molecule has 1 N–H and O–H groups in total. The van der Waals surface area contributed by atoms with E-state index in [1.807, 2.05) is 29.6 Å². The Balaban J connectivity index is 1.68. The normalized spacial score (nSPS) is 10.2. The molecule has 0 atom stereocenters. The number of amides is 1. The lowest BCUT2D eigenvalue weighted by molar-refractivity contribution is -0.121. The van der Waals surface area contributed by atoms with Crippen LogP contribution in [0.5, 0.6) is 5.75 Å². The minimum Gasteiger partial charge on any atom is -0.497 e. The fourth-order valence-electron chi connectivity index (χ4n) is 1.96. The third kappa shape index (κ3) is 4.70. The van der Waals surface area contributed by atoms with Gasteiger partial charge in [0, 0.05) is 13.0 Å². The van der Waals surface area contributed by atoms with Crippen LogP contribution in [0.4, 0.5) is 0 Å². The zero-order chi connectivity index (χ0) is 14.2. The molecule has 0 fully saturated rings. The van der Waals surface area contributed by atoms with Gasteiger partial charge in [0.25, 0.3) is 0 Å². The van der Waals surface area contributed by atoms with E-state index in [-0.39, 0.29) is 5.91 Å². The lowest BCUT2D eigenvalue weighted by Gasteiger charge is -2.06. The number of methoxy groups -OCH3 is 1. The molecule has 0 aliphatic carbocycles. The van der Waals surface area contributed by atoms with Crippen molar-refractivity contribution >= 4 is 17.2 Å². The van der Waals surface area contributed by atoms with Gasteiger partial charge in [0.1, 0.15) is 5.75 Å². The highest BCUT2D eigenvalue weighted by atomic mass is 32.1. The number of nitrogens with one attached hydrogen (secondary N) is 1. The Bertz CT molecular complexity index is 537. The van der Waals surface area contributed by atoms with Crippen molar-refractivity contribution in [2.24, 2.45) is 0 Å². The van der Waals surface area contributed by atoms with Crippen molar-refractivity contribution in [2.75, 3.05) is 13.7 Å². The lowest BCUT2D eigenvalue weighted by Crippen LogP contribution is -2.25. The van der Waals surface area contributed by atoms with Gasteiger partial charge in [-0.05, 0) is 52.9 Å². The first-order valence-electron chi connectivity index (χ1n) is 6.68. The number of carbonyl (C=O) groups excluding carboxylic acids is 1. The van der Waals surface area contributed by atoms with E-state index in [2.05, 4.69) is 16.8 Å². The summed E-state index contributed by atoms with van der Waals surface area (Å²) in [6.45, 7) is 0.662. The molecule has 4 heteroatoms. The molecule has 1 aromatic carbocycles. The minimum atomic E-state index is 0.110. The van der Waals surface area contributed by atoms with E-state index in [1.54, 1.807) is 18.4 Å². The molecular weight excluding hydrogens is 270 g/mol. The number of thiophene rings is 1. The van der Waals surface area contributed by atoms with Crippen LogP contribution in [0.2, 0.25) is 0 Å². The third-order valence-corrected chi connectivity index (χ3v) is 3.82. The molecular formula is C16H19NO2S. The number of hydrogen-bond donors (Lipinski definition) is 1. The molecule has 1 heterocycles. The van der Waals surface area contributed by atoms with Crippen molar-refractivity contribution in [1.29, 1.82) is 0 Å². The Morgan fingerprint density at radius 3 is 2.90 bits per heavy atom. The number of ether oxygens (including phenoxy) is 1. The number of aryl methyl sites for hydroxylation is 1. The Kier molecular flexibility index (Phi) is 5.62. The van der Waals surface area contributed by atoms with Crippen molar-refractivity contribution in [2.45, 2.75) is 19.3 Å². The van der Waals surface area contributed by atoms with E-state index in [1.165, 1.54) is 11.1 Å². The predicted molar refractivity (Wildman–Crippen MR) is 82.3 cm³/mol. The maximum absolute atomic E-state index is 11.7. The predicted octanol–water partition coefficient (Wildman–Crippen LogP) is 3.05. The van der Waals surface area contributed by atoms with Gasteiger partial charge >= 0.3 is 0 Å². The summed E-state index contributed by atoms with van der Waals surface area (Å²) in [4.78, 5) is 11.7. The van der Waals surface area contributed by atoms with Crippen LogP contribution >= 0.6 is 11.3 Å². The van der Waals surface area contributed by atoms with Gasteiger partial charge in [-0.1, -0.05) is 12.1 Å². The molecule has 0 saturated heterocycles. The van der Waals surface area contributed by atoms with Crippen LogP contribution in [0.15, 0.2) is 41.1 Å². The third-order valence-electron chi connectivity index (χ3n) is 3.09. The van der Waals surface area contributed by atoms with Gasteiger partial charge in [-0.2, -0.15) is 11.3 Å². The Hall–Kier alpha value is -1.81. The highest BCUT2D eigenvalue weighted by molar-refractivity contribution is 7.07. The van der Waals surface area contributed by atoms with E-state index in [4.69, 9.17) is 4.74 Å². The zero-order valence-electron chi connectivity index (χ0n) is 11.6. The molecule has 0 spiro atoms. The van der Waals surface area contributed by atoms with E-state index < -0.39 is 0 Å². The number of rotatable bonds is 7. The number of benzene rings is 1. The van der Waals surface area contributed by atoms with Gasteiger partial charge in [-0.3, -0.25) is 4.79 Å². The summed E-state index contributed by atoms with van der Waals surface area (Å²) in [5.41, 5.74) is 2.40. The van der Waals surface area contributed by atoms with Crippen LogP contribution < -0.4 is 10.1 Å². The summed E-state index contributed by atoms with van der Waals surface area (Å²) in [5, 5.41) is 7.08. The second-order valence-electron chi connectivity index (χ2n) is 4.58. The maximum Gasteiger partial charge on any atom is 0.220 e. The Labute approximate surface area is 123 Å². The molecule has 0 radical (unpaired) electrons. The van der Waals surface area contributed by atoms with Crippen LogP contribution in [0.1, 0.15) is 17.5 Å². The van der Waals surface area contributed by atoms with Gasteiger partial charge in [-0.25, -0.2) is 0 Å². The second kappa shape index (κ2) is 7.70. The summed E-state index contributed by atoms with van der Waals surface area (Å²) in [6, 6.07) is 9.99. The molecule has 0 unspecified atom stereocenters. The van der Waals surface area contributed by atoms with Crippen LogP contribution in [0, 0.1) is 0 Å². The summed E-state index contributed by atoms with van der Waals surface area (Å²) < 4.78 is 5.18. The summed E-state index contributed by atoms with van der Waals surface area (Å²) in [7, 11) is 1.66. The zero-order valence-corrected chi connectivity index (χ0v) is 12.4. The van der Waals surface area contributed by atoms with Gasteiger partial charge in [0.05, 0.1) is 7.11 Å². The molecule has 0 bridgehead atoms.